The van der Waals surface area contributed by atoms with Crippen LogP contribution in [0.4, 0.5) is 5.69 Å². The lowest BCUT2D eigenvalue weighted by Gasteiger charge is -2.10. The van der Waals surface area contributed by atoms with Gasteiger partial charge in [-0.15, -0.1) is 0 Å². The van der Waals surface area contributed by atoms with Crippen molar-refractivity contribution in [3.63, 3.8) is 0 Å². The van der Waals surface area contributed by atoms with Crippen LogP contribution in [0, 0.1) is 0 Å². The van der Waals surface area contributed by atoms with Crippen LogP contribution in [0.25, 0.3) is 0 Å². The molecule has 0 aliphatic heterocycles. The van der Waals surface area contributed by atoms with E-state index in [2.05, 4.69) is 5.32 Å². The fraction of sp³-hybridized carbons (Fsp3) is 0.263. The number of anilines is 1. The largest absolute Gasteiger partial charge is 0.459 e. The molecule has 1 amide bonds. The predicted octanol–water partition coefficient (Wildman–Crippen LogP) is 4.37. The molecule has 0 unspecified atom stereocenters. The Morgan fingerprint density at radius 1 is 1.08 bits per heavy atom. The second kappa shape index (κ2) is 8.55. The molecule has 0 atom stereocenters. The maximum Gasteiger partial charge on any atom is 0.338 e. The Morgan fingerprint density at radius 3 is 2.42 bits per heavy atom. The molecular formula is C19H21NO3S. The van der Waals surface area contributed by atoms with Crippen molar-refractivity contribution in [1.29, 1.82) is 0 Å². The zero-order valence-electron chi connectivity index (χ0n) is 14.0. The van der Waals surface area contributed by atoms with E-state index >= 15 is 0 Å². The highest BCUT2D eigenvalue weighted by Crippen LogP contribution is 2.15. The van der Waals surface area contributed by atoms with E-state index in [9.17, 15) is 9.59 Å². The minimum Gasteiger partial charge on any atom is -0.459 e. The van der Waals surface area contributed by atoms with Gasteiger partial charge >= 0.3 is 5.97 Å². The van der Waals surface area contributed by atoms with Gasteiger partial charge in [0.25, 0.3) is 5.91 Å². The second-order valence-corrected chi connectivity index (χ2v) is 6.48. The number of thioether (sulfide) groups is 1. The van der Waals surface area contributed by atoms with Gasteiger partial charge < -0.3 is 10.1 Å². The average Bonchev–Trinajstić information content (AvgIpc) is 2.55. The number of ether oxygens (including phenoxy) is 1. The number of nitrogens with one attached hydrogen (secondary N) is 1. The van der Waals surface area contributed by atoms with E-state index in [4.69, 9.17) is 4.74 Å². The number of benzene rings is 2. The summed E-state index contributed by atoms with van der Waals surface area (Å²) >= 11 is 1.74. The highest BCUT2D eigenvalue weighted by Gasteiger charge is 2.11. The fourth-order valence-corrected chi connectivity index (χ4v) is 2.65. The number of hydrogen-bond donors (Lipinski definition) is 1. The highest BCUT2D eigenvalue weighted by atomic mass is 32.2. The number of hydrogen-bond acceptors (Lipinski definition) is 4. The standard InChI is InChI=1S/C19H21NO3S/c1-13(2)23-19(22)16-5-4-6-17(11-16)20-18(21)15-9-7-14(8-10-15)12-24-3/h4-11,13H,12H2,1-3H3,(H,20,21). The maximum absolute atomic E-state index is 12.3. The summed E-state index contributed by atoms with van der Waals surface area (Å²) in [6.07, 6.45) is 1.85. The molecule has 2 aromatic carbocycles. The van der Waals surface area contributed by atoms with Gasteiger partial charge in [0, 0.05) is 17.0 Å². The number of amides is 1. The summed E-state index contributed by atoms with van der Waals surface area (Å²) in [5.74, 6) is 0.310. The van der Waals surface area contributed by atoms with Gasteiger partial charge in [-0.05, 0) is 56.0 Å². The van der Waals surface area contributed by atoms with Gasteiger partial charge in [0.2, 0.25) is 0 Å². The predicted molar refractivity (Wildman–Crippen MR) is 98.6 cm³/mol. The Morgan fingerprint density at radius 2 is 1.79 bits per heavy atom. The molecule has 0 bridgehead atoms. The second-order valence-electron chi connectivity index (χ2n) is 5.62. The van der Waals surface area contributed by atoms with Crippen molar-refractivity contribution in [3.8, 4) is 0 Å². The van der Waals surface area contributed by atoms with Crippen molar-refractivity contribution in [2.75, 3.05) is 11.6 Å². The number of rotatable bonds is 6. The molecule has 0 aliphatic carbocycles. The third-order valence-electron chi connectivity index (χ3n) is 3.23. The van der Waals surface area contributed by atoms with Crippen molar-refractivity contribution in [2.24, 2.45) is 0 Å². The molecular weight excluding hydrogens is 322 g/mol. The molecule has 5 heteroatoms. The monoisotopic (exact) mass is 343 g/mol. The van der Waals surface area contributed by atoms with Crippen LogP contribution in [0.1, 0.15) is 40.1 Å². The van der Waals surface area contributed by atoms with Gasteiger partial charge in [0.1, 0.15) is 0 Å². The maximum atomic E-state index is 12.3. The van der Waals surface area contributed by atoms with E-state index in [0.717, 1.165) is 5.75 Å². The minimum absolute atomic E-state index is 0.185. The molecule has 0 spiro atoms. The number of carbonyl (C=O) groups is 2. The van der Waals surface area contributed by atoms with Crippen molar-refractivity contribution < 1.29 is 14.3 Å². The van der Waals surface area contributed by atoms with Crippen LogP contribution in [-0.4, -0.2) is 24.2 Å². The Kier molecular flexibility index (Phi) is 6.44. The molecule has 24 heavy (non-hydrogen) atoms. The average molecular weight is 343 g/mol. The topological polar surface area (TPSA) is 55.4 Å². The van der Waals surface area contributed by atoms with Crippen molar-refractivity contribution in [2.45, 2.75) is 25.7 Å². The minimum atomic E-state index is -0.400. The summed E-state index contributed by atoms with van der Waals surface area (Å²) in [7, 11) is 0. The molecule has 0 fully saturated rings. The lowest BCUT2D eigenvalue weighted by molar-refractivity contribution is 0.0378. The van der Waals surface area contributed by atoms with Crippen molar-refractivity contribution >= 4 is 29.3 Å². The summed E-state index contributed by atoms with van der Waals surface area (Å²) in [6, 6.07) is 14.2. The Balaban J connectivity index is 2.07. The Labute approximate surface area is 146 Å². The first kappa shape index (κ1) is 18.1. The van der Waals surface area contributed by atoms with Gasteiger partial charge in [-0.2, -0.15) is 11.8 Å². The first-order valence-corrected chi connectivity index (χ1v) is 9.09. The van der Waals surface area contributed by atoms with Crippen LogP contribution in [0.15, 0.2) is 48.5 Å². The third-order valence-corrected chi connectivity index (χ3v) is 3.85. The van der Waals surface area contributed by atoms with Crippen LogP contribution in [0.3, 0.4) is 0 Å². The quantitative estimate of drug-likeness (QED) is 0.792. The highest BCUT2D eigenvalue weighted by molar-refractivity contribution is 7.97. The molecule has 4 nitrogen and oxygen atoms in total. The molecule has 126 valence electrons. The van der Waals surface area contributed by atoms with Crippen LogP contribution in [-0.2, 0) is 10.5 Å². The van der Waals surface area contributed by atoms with E-state index in [-0.39, 0.29) is 12.0 Å². The number of esters is 1. The van der Waals surface area contributed by atoms with E-state index < -0.39 is 5.97 Å². The normalized spacial score (nSPS) is 10.5. The number of carbonyl (C=O) groups excluding carboxylic acids is 2. The van der Waals surface area contributed by atoms with Gasteiger partial charge in [0.15, 0.2) is 0 Å². The van der Waals surface area contributed by atoms with E-state index in [0.29, 0.717) is 16.8 Å². The third kappa shape index (κ3) is 5.13. The molecule has 1 N–H and O–H groups in total. The smallest absolute Gasteiger partial charge is 0.338 e. The van der Waals surface area contributed by atoms with Gasteiger partial charge in [-0.3, -0.25) is 4.79 Å². The van der Waals surface area contributed by atoms with Gasteiger partial charge in [0.05, 0.1) is 11.7 Å². The molecule has 0 aromatic heterocycles. The van der Waals surface area contributed by atoms with Gasteiger partial charge in [-0.1, -0.05) is 18.2 Å². The molecule has 0 aliphatic rings. The summed E-state index contributed by atoms with van der Waals surface area (Å²) in [5, 5.41) is 2.81. The van der Waals surface area contributed by atoms with E-state index in [1.54, 1.807) is 62.0 Å². The van der Waals surface area contributed by atoms with Crippen LogP contribution in [0.5, 0.6) is 0 Å². The SMILES string of the molecule is CSCc1ccc(C(=O)Nc2cccc(C(=O)OC(C)C)c2)cc1. The molecule has 2 aromatic rings. The zero-order chi connectivity index (χ0) is 17.5. The molecule has 2 rings (SSSR count). The Hall–Kier alpha value is -2.27. The molecule has 0 radical (unpaired) electrons. The molecule has 0 saturated carbocycles. The Bertz CT molecular complexity index is 711. The summed E-state index contributed by atoms with van der Waals surface area (Å²) in [4.78, 5) is 24.2. The molecule has 0 heterocycles. The van der Waals surface area contributed by atoms with E-state index in [1.165, 1.54) is 5.56 Å². The first-order chi connectivity index (χ1) is 11.5. The summed E-state index contributed by atoms with van der Waals surface area (Å²) in [6.45, 7) is 3.59. The van der Waals surface area contributed by atoms with Crippen molar-refractivity contribution in [3.05, 3.63) is 65.2 Å². The lowest BCUT2D eigenvalue weighted by atomic mass is 10.1. The molecule has 0 saturated heterocycles. The first-order valence-electron chi connectivity index (χ1n) is 7.70. The van der Waals surface area contributed by atoms with Crippen LogP contribution < -0.4 is 5.32 Å². The van der Waals surface area contributed by atoms with Crippen LogP contribution in [0.2, 0.25) is 0 Å². The fourth-order valence-electron chi connectivity index (χ4n) is 2.13. The summed E-state index contributed by atoms with van der Waals surface area (Å²) in [5.41, 5.74) is 2.73. The van der Waals surface area contributed by atoms with Crippen molar-refractivity contribution in [1.82, 2.24) is 0 Å². The van der Waals surface area contributed by atoms with E-state index in [1.807, 2.05) is 18.4 Å². The van der Waals surface area contributed by atoms with Crippen LogP contribution >= 0.6 is 11.8 Å². The zero-order valence-corrected chi connectivity index (χ0v) is 14.9. The lowest BCUT2D eigenvalue weighted by Crippen LogP contribution is -2.14. The summed E-state index contributed by atoms with van der Waals surface area (Å²) < 4.78 is 5.16. The van der Waals surface area contributed by atoms with Gasteiger partial charge in [-0.25, -0.2) is 4.79 Å².